The zero-order valence-electron chi connectivity index (χ0n) is 12.8. The molecule has 0 radical (unpaired) electrons. The lowest BCUT2D eigenvalue weighted by molar-refractivity contribution is -0.147. The lowest BCUT2D eigenvalue weighted by Crippen LogP contribution is -2.49. The Morgan fingerprint density at radius 3 is 2.48 bits per heavy atom. The van der Waals surface area contributed by atoms with Gasteiger partial charge < -0.3 is 15.2 Å². The highest BCUT2D eigenvalue weighted by atomic mass is 16.6. The fraction of sp³-hybridized carbons (Fsp3) is 0.400. The molecule has 3 amide bonds. The summed E-state index contributed by atoms with van der Waals surface area (Å²) < 4.78 is 5.09. The number of carbonyl (C=O) groups excluding carboxylic acids is 2. The number of amides is 3. The van der Waals surface area contributed by atoms with Gasteiger partial charge in [0.2, 0.25) is 6.10 Å². The van der Waals surface area contributed by atoms with Crippen LogP contribution in [0.1, 0.15) is 12.0 Å². The van der Waals surface area contributed by atoms with Crippen molar-refractivity contribution in [3.05, 3.63) is 35.9 Å². The third kappa shape index (κ3) is 4.12. The van der Waals surface area contributed by atoms with Crippen molar-refractivity contribution in [2.45, 2.75) is 18.9 Å². The van der Waals surface area contributed by atoms with Gasteiger partial charge in [-0.1, -0.05) is 30.3 Å². The molecule has 1 unspecified atom stereocenters. The summed E-state index contributed by atoms with van der Waals surface area (Å²) in [4.78, 5) is 35.2. The van der Waals surface area contributed by atoms with Crippen LogP contribution in [0, 0.1) is 0 Å². The first kappa shape index (κ1) is 16.6. The molecule has 0 bridgehead atoms. The van der Waals surface area contributed by atoms with E-state index in [0.717, 1.165) is 10.6 Å². The minimum atomic E-state index is -1.31. The van der Waals surface area contributed by atoms with Crippen molar-refractivity contribution in [2.24, 2.45) is 0 Å². The van der Waals surface area contributed by atoms with Gasteiger partial charge in [0.1, 0.15) is 0 Å². The van der Waals surface area contributed by atoms with E-state index in [2.05, 4.69) is 5.32 Å². The molecule has 1 aromatic rings. The van der Waals surface area contributed by atoms with Crippen molar-refractivity contribution >= 4 is 18.1 Å². The Hall–Kier alpha value is -2.77. The SMILES string of the molecule is CNC(=O)N1CCCN1C(=O)OC(Cc1ccccc1)C(=O)O. The van der Waals surface area contributed by atoms with Crippen molar-refractivity contribution in [1.29, 1.82) is 0 Å². The number of ether oxygens (including phenoxy) is 1. The maximum absolute atomic E-state index is 12.2. The summed E-state index contributed by atoms with van der Waals surface area (Å²) >= 11 is 0. The smallest absolute Gasteiger partial charge is 0.429 e. The summed E-state index contributed by atoms with van der Waals surface area (Å²) in [5.41, 5.74) is 0.747. The molecule has 1 aliphatic rings. The summed E-state index contributed by atoms with van der Waals surface area (Å²) in [5.74, 6) is -1.23. The third-order valence-corrected chi connectivity index (χ3v) is 3.47. The van der Waals surface area contributed by atoms with Crippen LogP contribution in [0.2, 0.25) is 0 Å². The van der Waals surface area contributed by atoms with E-state index in [0.29, 0.717) is 19.5 Å². The highest BCUT2D eigenvalue weighted by Crippen LogP contribution is 2.15. The van der Waals surface area contributed by atoms with Crippen LogP contribution in [0.15, 0.2) is 30.3 Å². The van der Waals surface area contributed by atoms with Crippen LogP contribution in [0.4, 0.5) is 9.59 Å². The molecule has 1 atom stereocenters. The summed E-state index contributed by atoms with van der Waals surface area (Å²) in [5, 5.41) is 14.0. The largest absolute Gasteiger partial charge is 0.478 e. The van der Waals surface area contributed by atoms with Gasteiger partial charge in [0.25, 0.3) is 0 Å². The summed E-state index contributed by atoms with van der Waals surface area (Å²) in [6.07, 6.45) is -1.47. The highest BCUT2D eigenvalue weighted by molar-refractivity contribution is 5.80. The third-order valence-electron chi connectivity index (χ3n) is 3.47. The first-order valence-electron chi connectivity index (χ1n) is 7.27. The molecule has 0 aromatic heterocycles. The summed E-state index contributed by atoms with van der Waals surface area (Å²) in [6, 6.07) is 8.46. The molecule has 1 aliphatic heterocycles. The van der Waals surface area contributed by atoms with Crippen molar-refractivity contribution in [3.63, 3.8) is 0 Å². The van der Waals surface area contributed by atoms with Gasteiger partial charge >= 0.3 is 18.1 Å². The molecule has 2 rings (SSSR count). The molecule has 23 heavy (non-hydrogen) atoms. The quantitative estimate of drug-likeness (QED) is 0.864. The highest BCUT2D eigenvalue weighted by Gasteiger charge is 2.34. The molecule has 1 fully saturated rings. The van der Waals surface area contributed by atoms with Crippen LogP contribution < -0.4 is 5.32 Å². The van der Waals surface area contributed by atoms with Gasteiger partial charge in [-0.3, -0.25) is 0 Å². The monoisotopic (exact) mass is 321 g/mol. The zero-order chi connectivity index (χ0) is 16.8. The van der Waals surface area contributed by atoms with Gasteiger partial charge in [0.15, 0.2) is 0 Å². The maximum atomic E-state index is 12.2. The van der Waals surface area contributed by atoms with Crippen molar-refractivity contribution in [3.8, 4) is 0 Å². The van der Waals surface area contributed by atoms with E-state index in [4.69, 9.17) is 4.74 Å². The van der Waals surface area contributed by atoms with Gasteiger partial charge in [-0.2, -0.15) is 0 Å². The van der Waals surface area contributed by atoms with Crippen LogP contribution in [-0.2, 0) is 16.0 Å². The average Bonchev–Trinajstić information content (AvgIpc) is 3.04. The van der Waals surface area contributed by atoms with Crippen LogP contribution in [0.5, 0.6) is 0 Å². The number of rotatable bonds is 4. The van der Waals surface area contributed by atoms with Gasteiger partial charge in [-0.15, -0.1) is 0 Å². The molecule has 0 aliphatic carbocycles. The topological polar surface area (TPSA) is 99.2 Å². The molecule has 0 spiro atoms. The first-order chi connectivity index (χ1) is 11.0. The predicted molar refractivity (Wildman–Crippen MR) is 80.5 cm³/mol. The molecule has 1 saturated heterocycles. The van der Waals surface area contributed by atoms with Gasteiger partial charge in [0.05, 0.1) is 0 Å². The number of aliphatic carboxylic acids is 1. The Morgan fingerprint density at radius 1 is 1.22 bits per heavy atom. The standard InChI is InChI=1S/C15H19N3O5/c1-16-14(21)17-8-5-9-18(17)15(22)23-12(13(19)20)10-11-6-3-2-4-7-11/h2-4,6-7,12H,5,8-10H2,1H3,(H,16,21)(H,19,20). The van der Waals surface area contributed by atoms with Gasteiger partial charge in [-0.05, 0) is 12.0 Å². The molecule has 0 saturated carbocycles. The average molecular weight is 321 g/mol. The van der Waals surface area contributed by atoms with E-state index < -0.39 is 24.2 Å². The second kappa shape index (κ2) is 7.48. The normalized spacial score (nSPS) is 15.2. The van der Waals surface area contributed by atoms with Crippen LogP contribution in [-0.4, -0.2) is 59.5 Å². The Balaban J connectivity index is 2.03. The molecule has 8 heteroatoms. The number of hydrogen-bond acceptors (Lipinski definition) is 4. The second-order valence-corrected chi connectivity index (χ2v) is 5.06. The molecular formula is C15H19N3O5. The molecule has 1 aromatic carbocycles. The van der Waals surface area contributed by atoms with Gasteiger partial charge in [-0.25, -0.2) is 24.4 Å². The van der Waals surface area contributed by atoms with Crippen LogP contribution >= 0.6 is 0 Å². The van der Waals surface area contributed by atoms with Crippen LogP contribution in [0.25, 0.3) is 0 Å². The lowest BCUT2D eigenvalue weighted by Gasteiger charge is -2.27. The van der Waals surface area contributed by atoms with E-state index in [9.17, 15) is 19.5 Å². The lowest BCUT2D eigenvalue weighted by atomic mass is 10.1. The van der Waals surface area contributed by atoms with Gasteiger partial charge in [0, 0.05) is 26.6 Å². The minimum Gasteiger partial charge on any atom is -0.478 e. The predicted octanol–water partition coefficient (Wildman–Crippen LogP) is 1.08. The molecule has 2 N–H and O–H groups in total. The van der Waals surface area contributed by atoms with Crippen molar-refractivity contribution < 1.29 is 24.2 Å². The minimum absolute atomic E-state index is 0.0652. The Morgan fingerprint density at radius 2 is 1.87 bits per heavy atom. The Bertz CT molecular complexity index is 578. The van der Waals surface area contributed by atoms with E-state index in [-0.39, 0.29) is 6.42 Å². The van der Waals surface area contributed by atoms with E-state index in [1.54, 1.807) is 24.3 Å². The number of hydrogen-bond donors (Lipinski definition) is 2. The zero-order valence-corrected chi connectivity index (χ0v) is 12.8. The summed E-state index contributed by atoms with van der Waals surface area (Å²) in [7, 11) is 1.46. The number of carboxylic acids is 1. The number of hydrazine groups is 1. The second-order valence-electron chi connectivity index (χ2n) is 5.06. The maximum Gasteiger partial charge on any atom is 0.429 e. The van der Waals surface area contributed by atoms with E-state index in [1.807, 2.05) is 6.07 Å². The Kier molecular flexibility index (Phi) is 5.40. The number of nitrogens with zero attached hydrogens (tertiary/aromatic N) is 2. The van der Waals surface area contributed by atoms with Crippen LogP contribution in [0.3, 0.4) is 0 Å². The Labute approximate surface area is 133 Å². The van der Waals surface area contributed by atoms with E-state index in [1.165, 1.54) is 12.1 Å². The van der Waals surface area contributed by atoms with Crippen molar-refractivity contribution in [1.82, 2.24) is 15.3 Å². The fourth-order valence-corrected chi connectivity index (χ4v) is 2.33. The van der Waals surface area contributed by atoms with Crippen molar-refractivity contribution in [2.75, 3.05) is 20.1 Å². The molecular weight excluding hydrogens is 302 g/mol. The number of nitrogens with one attached hydrogen (secondary N) is 1. The number of carboxylic acid groups (broad SMARTS) is 1. The molecule has 1 heterocycles. The number of urea groups is 1. The molecule has 8 nitrogen and oxygen atoms in total. The first-order valence-corrected chi connectivity index (χ1v) is 7.27. The fourth-order valence-electron chi connectivity index (χ4n) is 2.33. The molecule has 124 valence electrons. The number of benzene rings is 1. The van der Waals surface area contributed by atoms with E-state index >= 15 is 0 Å². The summed E-state index contributed by atoms with van der Waals surface area (Å²) in [6.45, 7) is 0.690. The number of carbonyl (C=O) groups is 3.